The molecule has 0 aliphatic rings. The standard InChI is InChI=1S/C16H18N2O2/c17-15(13-9-5-2-6-10-13)16(20)18-11-14(19)12-7-3-1-4-8-12/h1-10,14-15,19H,11,17H2,(H,18,20). The minimum Gasteiger partial charge on any atom is -0.387 e. The van der Waals surface area contributed by atoms with Gasteiger partial charge in [0.1, 0.15) is 6.04 Å². The van der Waals surface area contributed by atoms with E-state index < -0.39 is 12.1 Å². The maximum absolute atomic E-state index is 11.9. The number of amides is 1. The molecule has 4 heteroatoms. The summed E-state index contributed by atoms with van der Waals surface area (Å²) in [6.45, 7) is 0.142. The van der Waals surface area contributed by atoms with Gasteiger partial charge in [0.25, 0.3) is 0 Å². The number of benzene rings is 2. The molecule has 0 saturated heterocycles. The lowest BCUT2D eigenvalue weighted by Crippen LogP contribution is -2.36. The Balaban J connectivity index is 1.89. The molecule has 0 aromatic heterocycles. The molecule has 0 fully saturated rings. The number of aliphatic hydroxyl groups excluding tert-OH is 1. The van der Waals surface area contributed by atoms with E-state index in [-0.39, 0.29) is 12.5 Å². The zero-order chi connectivity index (χ0) is 14.4. The van der Waals surface area contributed by atoms with Crippen molar-refractivity contribution in [3.63, 3.8) is 0 Å². The number of carbonyl (C=O) groups is 1. The van der Waals surface area contributed by atoms with E-state index in [4.69, 9.17) is 5.73 Å². The summed E-state index contributed by atoms with van der Waals surface area (Å²) in [5, 5.41) is 12.6. The van der Waals surface area contributed by atoms with Crippen molar-refractivity contribution in [3.05, 3.63) is 71.8 Å². The van der Waals surface area contributed by atoms with E-state index in [1.807, 2.05) is 48.5 Å². The maximum Gasteiger partial charge on any atom is 0.241 e. The van der Waals surface area contributed by atoms with Crippen molar-refractivity contribution in [1.29, 1.82) is 0 Å². The van der Waals surface area contributed by atoms with E-state index in [0.717, 1.165) is 11.1 Å². The first-order valence-corrected chi connectivity index (χ1v) is 6.49. The minimum absolute atomic E-state index is 0.142. The second-order valence-corrected chi connectivity index (χ2v) is 4.56. The van der Waals surface area contributed by atoms with Gasteiger partial charge in [-0.3, -0.25) is 4.79 Å². The highest BCUT2D eigenvalue weighted by atomic mass is 16.3. The summed E-state index contributed by atoms with van der Waals surface area (Å²) >= 11 is 0. The van der Waals surface area contributed by atoms with Gasteiger partial charge in [-0.25, -0.2) is 0 Å². The molecule has 1 amide bonds. The summed E-state index contributed by atoms with van der Waals surface area (Å²) in [6.07, 6.45) is -0.733. The van der Waals surface area contributed by atoms with Crippen molar-refractivity contribution >= 4 is 5.91 Å². The van der Waals surface area contributed by atoms with E-state index in [2.05, 4.69) is 5.32 Å². The van der Waals surface area contributed by atoms with Gasteiger partial charge in [0.2, 0.25) is 5.91 Å². The fraction of sp³-hybridized carbons (Fsp3) is 0.188. The van der Waals surface area contributed by atoms with Gasteiger partial charge in [-0.15, -0.1) is 0 Å². The van der Waals surface area contributed by atoms with E-state index in [9.17, 15) is 9.90 Å². The maximum atomic E-state index is 11.9. The smallest absolute Gasteiger partial charge is 0.241 e. The lowest BCUT2D eigenvalue weighted by atomic mass is 10.1. The monoisotopic (exact) mass is 270 g/mol. The Labute approximate surface area is 118 Å². The van der Waals surface area contributed by atoms with Crippen LogP contribution in [0.5, 0.6) is 0 Å². The van der Waals surface area contributed by atoms with Gasteiger partial charge in [-0.1, -0.05) is 60.7 Å². The number of hydrogen-bond donors (Lipinski definition) is 3. The molecule has 104 valence electrons. The fourth-order valence-electron chi connectivity index (χ4n) is 1.91. The van der Waals surface area contributed by atoms with Crippen LogP contribution < -0.4 is 11.1 Å². The van der Waals surface area contributed by atoms with Gasteiger partial charge in [-0.2, -0.15) is 0 Å². The van der Waals surface area contributed by atoms with Crippen molar-refractivity contribution in [1.82, 2.24) is 5.32 Å². The highest BCUT2D eigenvalue weighted by Crippen LogP contribution is 2.12. The number of carbonyl (C=O) groups excluding carboxylic acids is 1. The van der Waals surface area contributed by atoms with E-state index in [0.29, 0.717) is 0 Å². The Bertz CT molecular complexity index is 543. The van der Waals surface area contributed by atoms with Crippen molar-refractivity contribution in [2.45, 2.75) is 12.1 Å². The predicted molar refractivity (Wildman–Crippen MR) is 77.8 cm³/mol. The molecule has 2 rings (SSSR count). The second-order valence-electron chi connectivity index (χ2n) is 4.56. The number of aliphatic hydroxyl groups is 1. The van der Waals surface area contributed by atoms with Crippen LogP contribution in [-0.4, -0.2) is 17.6 Å². The molecule has 4 N–H and O–H groups in total. The zero-order valence-electron chi connectivity index (χ0n) is 11.1. The Morgan fingerprint density at radius 1 is 1.00 bits per heavy atom. The van der Waals surface area contributed by atoms with Gasteiger partial charge >= 0.3 is 0 Å². The first-order valence-electron chi connectivity index (χ1n) is 6.49. The summed E-state index contributed by atoms with van der Waals surface area (Å²) in [6, 6.07) is 17.6. The van der Waals surface area contributed by atoms with E-state index >= 15 is 0 Å². The summed E-state index contributed by atoms with van der Waals surface area (Å²) in [5.74, 6) is -0.300. The summed E-state index contributed by atoms with van der Waals surface area (Å²) < 4.78 is 0. The SMILES string of the molecule is NC(C(=O)NCC(O)c1ccccc1)c1ccccc1. The van der Waals surface area contributed by atoms with Crippen LogP contribution in [0.3, 0.4) is 0 Å². The Morgan fingerprint density at radius 2 is 1.50 bits per heavy atom. The van der Waals surface area contributed by atoms with E-state index in [1.165, 1.54) is 0 Å². The lowest BCUT2D eigenvalue weighted by molar-refractivity contribution is -0.122. The van der Waals surface area contributed by atoms with Crippen LogP contribution in [0, 0.1) is 0 Å². The van der Waals surface area contributed by atoms with Gasteiger partial charge < -0.3 is 16.2 Å². The minimum atomic E-state index is -0.733. The van der Waals surface area contributed by atoms with Gasteiger partial charge in [0.15, 0.2) is 0 Å². The van der Waals surface area contributed by atoms with E-state index in [1.54, 1.807) is 12.1 Å². The predicted octanol–water partition coefficient (Wildman–Crippen LogP) is 1.54. The molecule has 2 aromatic carbocycles. The zero-order valence-corrected chi connectivity index (χ0v) is 11.1. The third kappa shape index (κ3) is 3.66. The number of hydrogen-bond acceptors (Lipinski definition) is 3. The average Bonchev–Trinajstić information content (AvgIpc) is 2.53. The summed E-state index contributed by atoms with van der Waals surface area (Å²) in [7, 11) is 0. The molecule has 2 aromatic rings. The lowest BCUT2D eigenvalue weighted by Gasteiger charge is -2.15. The molecule has 20 heavy (non-hydrogen) atoms. The van der Waals surface area contributed by atoms with Gasteiger partial charge in [0.05, 0.1) is 6.10 Å². The molecule has 0 radical (unpaired) electrons. The van der Waals surface area contributed by atoms with Crippen molar-refractivity contribution < 1.29 is 9.90 Å². The molecule has 0 aliphatic carbocycles. The molecular weight excluding hydrogens is 252 g/mol. The van der Waals surface area contributed by atoms with Crippen LogP contribution in [0.15, 0.2) is 60.7 Å². The number of nitrogens with two attached hydrogens (primary N) is 1. The Kier molecular flexibility index (Phi) is 4.87. The highest BCUT2D eigenvalue weighted by Gasteiger charge is 2.16. The third-order valence-corrected chi connectivity index (χ3v) is 3.10. The van der Waals surface area contributed by atoms with Crippen molar-refractivity contribution in [3.8, 4) is 0 Å². The second kappa shape index (κ2) is 6.84. The van der Waals surface area contributed by atoms with Crippen LogP contribution in [0.2, 0.25) is 0 Å². The molecule has 0 saturated carbocycles. The molecule has 0 bridgehead atoms. The normalized spacial score (nSPS) is 13.5. The number of rotatable bonds is 5. The van der Waals surface area contributed by atoms with Crippen LogP contribution in [0.25, 0.3) is 0 Å². The molecule has 0 heterocycles. The van der Waals surface area contributed by atoms with Crippen LogP contribution >= 0.6 is 0 Å². The van der Waals surface area contributed by atoms with Crippen LogP contribution in [0.1, 0.15) is 23.3 Å². The van der Waals surface area contributed by atoms with Gasteiger partial charge in [0, 0.05) is 6.54 Å². The molecular formula is C16H18N2O2. The number of nitrogens with one attached hydrogen (secondary N) is 1. The van der Waals surface area contributed by atoms with Crippen LogP contribution in [0.4, 0.5) is 0 Å². The van der Waals surface area contributed by atoms with Crippen molar-refractivity contribution in [2.24, 2.45) is 5.73 Å². The molecule has 2 unspecified atom stereocenters. The van der Waals surface area contributed by atoms with Crippen molar-refractivity contribution in [2.75, 3.05) is 6.54 Å². The van der Waals surface area contributed by atoms with Gasteiger partial charge in [-0.05, 0) is 11.1 Å². The molecule has 2 atom stereocenters. The fourth-order valence-corrected chi connectivity index (χ4v) is 1.91. The van der Waals surface area contributed by atoms with Crippen LogP contribution in [-0.2, 0) is 4.79 Å². The quantitative estimate of drug-likeness (QED) is 0.771. The largest absolute Gasteiger partial charge is 0.387 e. The summed E-state index contributed by atoms with van der Waals surface area (Å²) in [5.41, 5.74) is 7.38. The molecule has 4 nitrogen and oxygen atoms in total. The highest BCUT2D eigenvalue weighted by molar-refractivity contribution is 5.82. The summed E-state index contributed by atoms with van der Waals surface area (Å²) in [4.78, 5) is 11.9. The molecule has 0 aliphatic heterocycles. The first-order chi connectivity index (χ1) is 9.68. The topological polar surface area (TPSA) is 75.4 Å². The first kappa shape index (κ1) is 14.2. The Hall–Kier alpha value is -2.17. The molecule has 0 spiro atoms. The Morgan fingerprint density at radius 3 is 2.05 bits per heavy atom. The average molecular weight is 270 g/mol. The third-order valence-electron chi connectivity index (χ3n) is 3.10.